The van der Waals surface area contributed by atoms with Crippen LogP contribution in [0.25, 0.3) is 0 Å². The number of rotatable bonds is 1. The lowest BCUT2D eigenvalue weighted by molar-refractivity contribution is -0.139. The molecular formula is C8H3Cl2F4NO. The summed E-state index contributed by atoms with van der Waals surface area (Å²) in [6.07, 6.45) is -4.95. The van der Waals surface area contributed by atoms with E-state index in [1.165, 1.54) is 0 Å². The number of hydrogen-bond donors (Lipinski definition) is 1. The van der Waals surface area contributed by atoms with E-state index in [0.717, 1.165) is 12.1 Å². The molecule has 2 nitrogen and oxygen atoms in total. The van der Waals surface area contributed by atoms with Gasteiger partial charge in [0, 0.05) is 0 Å². The topological polar surface area (TPSA) is 32.6 Å². The SMILES string of the molecule is ON=C(Cl)c1ccc(Cl)c(C(F)(F)F)c1F. The summed E-state index contributed by atoms with van der Waals surface area (Å²) in [5, 5.41) is 9.07. The predicted molar refractivity (Wildman–Crippen MR) is 50.6 cm³/mol. The van der Waals surface area contributed by atoms with E-state index in [-0.39, 0.29) is 0 Å². The fraction of sp³-hybridized carbons (Fsp3) is 0.125. The first-order valence-corrected chi connectivity index (χ1v) is 4.47. The van der Waals surface area contributed by atoms with Crippen molar-refractivity contribution in [2.24, 2.45) is 5.16 Å². The average Bonchev–Trinajstić information content (AvgIpc) is 2.14. The van der Waals surface area contributed by atoms with Gasteiger partial charge in [-0.2, -0.15) is 13.2 Å². The van der Waals surface area contributed by atoms with E-state index in [0.29, 0.717) is 0 Å². The Morgan fingerprint density at radius 3 is 2.31 bits per heavy atom. The summed E-state index contributed by atoms with van der Waals surface area (Å²) in [6.45, 7) is 0. The van der Waals surface area contributed by atoms with E-state index >= 15 is 0 Å². The van der Waals surface area contributed by atoms with Crippen LogP contribution < -0.4 is 0 Å². The Hall–Kier alpha value is -1.01. The summed E-state index contributed by atoms with van der Waals surface area (Å²) >= 11 is 10.4. The highest BCUT2D eigenvalue weighted by Crippen LogP contribution is 2.37. The van der Waals surface area contributed by atoms with Crippen molar-refractivity contribution in [1.29, 1.82) is 0 Å². The molecule has 0 radical (unpaired) electrons. The molecular weight excluding hydrogens is 273 g/mol. The van der Waals surface area contributed by atoms with Crippen molar-refractivity contribution in [3.05, 3.63) is 34.1 Å². The molecule has 16 heavy (non-hydrogen) atoms. The molecule has 0 aliphatic heterocycles. The van der Waals surface area contributed by atoms with E-state index in [9.17, 15) is 17.6 Å². The van der Waals surface area contributed by atoms with Crippen molar-refractivity contribution in [3.8, 4) is 0 Å². The van der Waals surface area contributed by atoms with Crippen LogP contribution in [0, 0.1) is 5.82 Å². The molecule has 1 rings (SSSR count). The summed E-state index contributed by atoms with van der Waals surface area (Å²) < 4.78 is 50.5. The molecule has 1 aromatic carbocycles. The monoisotopic (exact) mass is 275 g/mol. The lowest BCUT2D eigenvalue weighted by Crippen LogP contribution is -2.12. The lowest BCUT2D eigenvalue weighted by atomic mass is 10.1. The zero-order chi connectivity index (χ0) is 12.5. The molecule has 0 aliphatic rings. The highest BCUT2D eigenvalue weighted by molar-refractivity contribution is 6.69. The second-order valence-corrected chi connectivity index (χ2v) is 3.44. The largest absolute Gasteiger partial charge is 0.420 e. The Morgan fingerprint density at radius 1 is 1.31 bits per heavy atom. The van der Waals surface area contributed by atoms with Gasteiger partial charge in [-0.15, -0.1) is 0 Å². The molecule has 1 N–H and O–H groups in total. The number of alkyl halides is 3. The zero-order valence-electron chi connectivity index (χ0n) is 7.32. The Bertz CT molecular complexity index is 444. The van der Waals surface area contributed by atoms with Crippen molar-refractivity contribution in [1.82, 2.24) is 0 Å². The highest BCUT2D eigenvalue weighted by Gasteiger charge is 2.38. The van der Waals surface area contributed by atoms with E-state index < -0.39 is 33.3 Å². The molecule has 1 aromatic rings. The van der Waals surface area contributed by atoms with Crippen LogP contribution in [0.15, 0.2) is 17.3 Å². The molecule has 0 aliphatic carbocycles. The summed E-state index contributed by atoms with van der Waals surface area (Å²) in [6, 6.07) is 1.70. The molecule has 8 heteroatoms. The van der Waals surface area contributed by atoms with Gasteiger partial charge >= 0.3 is 6.18 Å². The molecule has 0 aromatic heterocycles. The summed E-state index contributed by atoms with van der Waals surface area (Å²) in [4.78, 5) is 0. The van der Waals surface area contributed by atoms with Crippen LogP contribution in [0.2, 0.25) is 5.02 Å². The minimum atomic E-state index is -4.95. The van der Waals surface area contributed by atoms with E-state index in [2.05, 4.69) is 5.16 Å². The van der Waals surface area contributed by atoms with Gasteiger partial charge in [0.1, 0.15) is 11.4 Å². The second-order valence-electron chi connectivity index (χ2n) is 2.67. The molecule has 0 bridgehead atoms. The smallest absolute Gasteiger partial charge is 0.410 e. The first-order chi connectivity index (χ1) is 7.29. The van der Waals surface area contributed by atoms with Crippen LogP contribution in [-0.2, 0) is 6.18 Å². The van der Waals surface area contributed by atoms with Gasteiger partial charge in [-0.1, -0.05) is 28.4 Å². The van der Waals surface area contributed by atoms with Crippen LogP contribution in [0.3, 0.4) is 0 Å². The number of nitrogens with zero attached hydrogens (tertiary/aromatic N) is 1. The quantitative estimate of drug-likeness (QED) is 0.359. The van der Waals surface area contributed by atoms with Crippen LogP contribution in [0.1, 0.15) is 11.1 Å². The molecule has 0 spiro atoms. The predicted octanol–water partition coefficient (Wildman–Crippen LogP) is 3.87. The van der Waals surface area contributed by atoms with Gasteiger partial charge in [0.25, 0.3) is 0 Å². The maximum Gasteiger partial charge on any atom is 0.420 e. The average molecular weight is 276 g/mol. The maximum atomic E-state index is 13.4. The van der Waals surface area contributed by atoms with Crippen molar-refractivity contribution in [3.63, 3.8) is 0 Å². The van der Waals surface area contributed by atoms with Gasteiger partial charge in [0.15, 0.2) is 5.17 Å². The summed E-state index contributed by atoms with van der Waals surface area (Å²) in [5.74, 6) is -1.68. The van der Waals surface area contributed by atoms with Gasteiger partial charge in [0.05, 0.1) is 10.6 Å². The molecule has 0 unspecified atom stereocenters. The van der Waals surface area contributed by atoms with Crippen LogP contribution in [-0.4, -0.2) is 10.4 Å². The maximum absolute atomic E-state index is 13.4. The van der Waals surface area contributed by atoms with Crippen molar-refractivity contribution in [2.75, 3.05) is 0 Å². The van der Waals surface area contributed by atoms with Crippen molar-refractivity contribution >= 4 is 28.4 Å². The van der Waals surface area contributed by atoms with Crippen LogP contribution >= 0.6 is 23.2 Å². The number of halogens is 6. The Morgan fingerprint density at radius 2 is 1.88 bits per heavy atom. The molecule has 0 saturated carbocycles. The second kappa shape index (κ2) is 4.47. The van der Waals surface area contributed by atoms with Crippen molar-refractivity contribution < 1.29 is 22.8 Å². The van der Waals surface area contributed by atoms with Crippen LogP contribution in [0.5, 0.6) is 0 Å². The standard InChI is InChI=1S/C8H3Cl2F4NO/c9-4-2-1-3(7(10)15-16)6(11)5(4)8(12,13)14/h1-2,16H. The third-order valence-corrected chi connectivity index (χ3v) is 2.28. The van der Waals surface area contributed by atoms with Gasteiger partial charge in [-0.05, 0) is 12.1 Å². The fourth-order valence-electron chi connectivity index (χ4n) is 1.03. The van der Waals surface area contributed by atoms with E-state index in [4.69, 9.17) is 28.4 Å². The lowest BCUT2D eigenvalue weighted by Gasteiger charge is -2.11. The van der Waals surface area contributed by atoms with Gasteiger partial charge in [-0.25, -0.2) is 4.39 Å². The first-order valence-electron chi connectivity index (χ1n) is 3.72. The Balaban J connectivity index is 3.51. The zero-order valence-corrected chi connectivity index (χ0v) is 8.83. The minimum Gasteiger partial charge on any atom is -0.410 e. The third kappa shape index (κ3) is 2.38. The number of hydrogen-bond acceptors (Lipinski definition) is 2. The molecule has 0 saturated heterocycles. The normalized spacial score (nSPS) is 13.0. The molecule has 0 heterocycles. The number of oxime groups is 1. The van der Waals surface area contributed by atoms with Gasteiger partial charge in [-0.3, -0.25) is 0 Å². The Labute approximate surface area is 97.1 Å². The summed E-state index contributed by atoms with van der Waals surface area (Å²) in [5.41, 5.74) is -2.32. The molecule has 0 amide bonds. The minimum absolute atomic E-state index is 0.680. The van der Waals surface area contributed by atoms with E-state index in [1.807, 2.05) is 0 Å². The van der Waals surface area contributed by atoms with Gasteiger partial charge in [0.2, 0.25) is 0 Å². The highest BCUT2D eigenvalue weighted by atomic mass is 35.5. The number of benzene rings is 1. The van der Waals surface area contributed by atoms with Gasteiger partial charge < -0.3 is 5.21 Å². The third-order valence-electron chi connectivity index (χ3n) is 1.68. The first kappa shape index (κ1) is 13.1. The van der Waals surface area contributed by atoms with Crippen LogP contribution in [0.4, 0.5) is 17.6 Å². The molecule has 0 atom stereocenters. The Kier molecular flexibility index (Phi) is 3.64. The van der Waals surface area contributed by atoms with E-state index in [1.54, 1.807) is 0 Å². The van der Waals surface area contributed by atoms with Crippen molar-refractivity contribution in [2.45, 2.75) is 6.18 Å². The molecule has 88 valence electrons. The summed E-state index contributed by atoms with van der Waals surface area (Å²) in [7, 11) is 0. The fourth-order valence-corrected chi connectivity index (χ4v) is 1.42. The molecule has 0 fully saturated rings.